The van der Waals surface area contributed by atoms with Crippen molar-refractivity contribution in [2.45, 2.75) is 18.8 Å². The summed E-state index contributed by atoms with van der Waals surface area (Å²) in [4.78, 5) is 15.5. The fourth-order valence-electron chi connectivity index (χ4n) is 1.53. The second kappa shape index (κ2) is 3.56. The van der Waals surface area contributed by atoms with Crippen LogP contribution in [0.4, 0.5) is 0 Å². The van der Waals surface area contributed by atoms with E-state index in [0.29, 0.717) is 6.61 Å². The van der Waals surface area contributed by atoms with Crippen LogP contribution in [-0.2, 0) is 9.53 Å². The number of esters is 1. The first-order chi connectivity index (χ1) is 6.38. The standard InChI is InChI=1S/C10H11NO2/c12-10-8(4-3-7-13-10)9-5-1-2-6-11-9/h1-2,5-6,8H,3-4,7H2/t8-/m1/s1. The maximum atomic E-state index is 11.3. The van der Waals surface area contributed by atoms with Crippen molar-refractivity contribution in [3.05, 3.63) is 30.1 Å². The van der Waals surface area contributed by atoms with Gasteiger partial charge in [0, 0.05) is 6.20 Å². The van der Waals surface area contributed by atoms with Crippen molar-refractivity contribution in [2.24, 2.45) is 0 Å². The van der Waals surface area contributed by atoms with E-state index in [1.807, 2.05) is 18.2 Å². The van der Waals surface area contributed by atoms with Crippen LogP contribution >= 0.6 is 0 Å². The number of rotatable bonds is 1. The molecular formula is C10H11NO2. The highest BCUT2D eigenvalue weighted by Gasteiger charge is 2.26. The third-order valence-corrected chi connectivity index (χ3v) is 2.21. The SMILES string of the molecule is O=C1OCCC[C@@H]1c1ccccn1. The number of carbonyl (C=O) groups is 1. The monoisotopic (exact) mass is 177 g/mol. The van der Waals surface area contributed by atoms with Gasteiger partial charge in [0.05, 0.1) is 18.2 Å². The zero-order valence-electron chi connectivity index (χ0n) is 7.27. The van der Waals surface area contributed by atoms with Gasteiger partial charge in [0.15, 0.2) is 0 Å². The first-order valence-corrected chi connectivity index (χ1v) is 4.45. The van der Waals surface area contributed by atoms with Gasteiger partial charge >= 0.3 is 5.97 Å². The average molecular weight is 177 g/mol. The number of ether oxygens (including phenoxy) is 1. The number of nitrogens with zero attached hydrogens (tertiary/aromatic N) is 1. The second-order valence-electron chi connectivity index (χ2n) is 3.12. The molecule has 0 spiro atoms. The molecular weight excluding hydrogens is 166 g/mol. The first-order valence-electron chi connectivity index (χ1n) is 4.45. The van der Waals surface area contributed by atoms with Crippen molar-refractivity contribution < 1.29 is 9.53 Å². The number of cyclic esters (lactones) is 1. The lowest BCUT2D eigenvalue weighted by molar-refractivity contribution is -0.149. The van der Waals surface area contributed by atoms with Gasteiger partial charge in [-0.15, -0.1) is 0 Å². The fourth-order valence-corrected chi connectivity index (χ4v) is 1.53. The van der Waals surface area contributed by atoms with E-state index >= 15 is 0 Å². The van der Waals surface area contributed by atoms with E-state index in [2.05, 4.69) is 4.98 Å². The normalized spacial score (nSPS) is 22.5. The lowest BCUT2D eigenvalue weighted by Crippen LogP contribution is -2.22. The highest BCUT2D eigenvalue weighted by atomic mass is 16.5. The summed E-state index contributed by atoms with van der Waals surface area (Å²) in [5, 5.41) is 0. The molecule has 0 bridgehead atoms. The molecule has 2 heterocycles. The molecule has 13 heavy (non-hydrogen) atoms. The molecule has 1 aliphatic rings. The molecule has 0 unspecified atom stereocenters. The van der Waals surface area contributed by atoms with Gasteiger partial charge in [-0.2, -0.15) is 0 Å². The molecule has 3 nitrogen and oxygen atoms in total. The summed E-state index contributed by atoms with van der Waals surface area (Å²) >= 11 is 0. The van der Waals surface area contributed by atoms with Gasteiger partial charge in [0.25, 0.3) is 0 Å². The molecule has 2 rings (SSSR count). The van der Waals surface area contributed by atoms with Gasteiger partial charge in [-0.25, -0.2) is 0 Å². The Kier molecular flexibility index (Phi) is 2.25. The van der Waals surface area contributed by atoms with Gasteiger partial charge in [-0.3, -0.25) is 9.78 Å². The average Bonchev–Trinajstić information content (AvgIpc) is 2.20. The van der Waals surface area contributed by atoms with Crippen LogP contribution in [0.1, 0.15) is 24.5 Å². The Morgan fingerprint density at radius 3 is 3.08 bits per heavy atom. The molecule has 1 saturated heterocycles. The molecule has 1 aromatic heterocycles. The molecule has 0 radical (unpaired) electrons. The van der Waals surface area contributed by atoms with Crippen LogP contribution in [0.25, 0.3) is 0 Å². The molecule has 1 atom stereocenters. The van der Waals surface area contributed by atoms with Crippen LogP contribution in [-0.4, -0.2) is 17.6 Å². The molecule has 68 valence electrons. The molecule has 0 aliphatic carbocycles. The molecule has 0 amide bonds. The van der Waals surface area contributed by atoms with E-state index in [9.17, 15) is 4.79 Å². The smallest absolute Gasteiger partial charge is 0.315 e. The van der Waals surface area contributed by atoms with Crippen molar-refractivity contribution in [1.82, 2.24) is 4.98 Å². The Labute approximate surface area is 76.7 Å². The Bertz CT molecular complexity index is 297. The van der Waals surface area contributed by atoms with Gasteiger partial charge in [-0.05, 0) is 25.0 Å². The van der Waals surface area contributed by atoms with Crippen molar-refractivity contribution in [2.75, 3.05) is 6.61 Å². The number of hydrogen-bond acceptors (Lipinski definition) is 3. The number of carbonyl (C=O) groups excluding carboxylic acids is 1. The van der Waals surface area contributed by atoms with Gasteiger partial charge in [-0.1, -0.05) is 6.07 Å². The van der Waals surface area contributed by atoms with Crippen molar-refractivity contribution in [1.29, 1.82) is 0 Å². The van der Waals surface area contributed by atoms with Crippen LogP contribution in [0.15, 0.2) is 24.4 Å². The highest BCUT2D eigenvalue weighted by molar-refractivity contribution is 5.78. The fraction of sp³-hybridized carbons (Fsp3) is 0.400. The summed E-state index contributed by atoms with van der Waals surface area (Å²) in [5.41, 5.74) is 0.826. The van der Waals surface area contributed by atoms with Crippen molar-refractivity contribution in [3.8, 4) is 0 Å². The Morgan fingerprint density at radius 1 is 1.46 bits per heavy atom. The highest BCUT2D eigenvalue weighted by Crippen LogP contribution is 2.24. The zero-order valence-corrected chi connectivity index (χ0v) is 7.27. The molecule has 1 fully saturated rings. The minimum atomic E-state index is -0.144. The van der Waals surface area contributed by atoms with Crippen molar-refractivity contribution in [3.63, 3.8) is 0 Å². The predicted molar refractivity (Wildman–Crippen MR) is 47.2 cm³/mol. The van der Waals surface area contributed by atoms with E-state index in [0.717, 1.165) is 18.5 Å². The lowest BCUT2D eigenvalue weighted by atomic mass is 9.97. The van der Waals surface area contributed by atoms with E-state index in [1.165, 1.54) is 0 Å². The summed E-state index contributed by atoms with van der Waals surface area (Å²) in [7, 11) is 0. The second-order valence-corrected chi connectivity index (χ2v) is 3.12. The Morgan fingerprint density at radius 2 is 2.38 bits per heavy atom. The molecule has 0 saturated carbocycles. The number of pyridine rings is 1. The first kappa shape index (κ1) is 8.23. The molecule has 0 aromatic carbocycles. The third-order valence-electron chi connectivity index (χ3n) is 2.21. The van der Waals surface area contributed by atoms with E-state index < -0.39 is 0 Å². The lowest BCUT2D eigenvalue weighted by Gasteiger charge is -2.19. The van der Waals surface area contributed by atoms with Gasteiger partial charge in [0.2, 0.25) is 0 Å². The molecule has 1 aromatic rings. The third kappa shape index (κ3) is 1.69. The molecule has 1 aliphatic heterocycles. The summed E-state index contributed by atoms with van der Waals surface area (Å²) in [6, 6.07) is 5.61. The Balaban J connectivity index is 2.20. The largest absolute Gasteiger partial charge is 0.465 e. The summed E-state index contributed by atoms with van der Waals surface area (Å²) in [6.07, 6.45) is 3.50. The van der Waals surface area contributed by atoms with E-state index in [-0.39, 0.29) is 11.9 Å². The Hall–Kier alpha value is -1.38. The summed E-state index contributed by atoms with van der Waals surface area (Å²) in [6.45, 7) is 0.558. The van der Waals surface area contributed by atoms with Crippen LogP contribution in [0, 0.1) is 0 Å². The maximum absolute atomic E-state index is 11.3. The quantitative estimate of drug-likeness (QED) is 0.610. The number of aromatic nitrogens is 1. The zero-order chi connectivity index (χ0) is 9.10. The van der Waals surface area contributed by atoms with Gasteiger partial charge < -0.3 is 4.74 Å². The number of hydrogen-bond donors (Lipinski definition) is 0. The topological polar surface area (TPSA) is 39.2 Å². The predicted octanol–water partition coefficient (Wildman–Crippen LogP) is 1.50. The minimum Gasteiger partial charge on any atom is -0.465 e. The van der Waals surface area contributed by atoms with E-state index in [4.69, 9.17) is 4.74 Å². The maximum Gasteiger partial charge on any atom is 0.315 e. The van der Waals surface area contributed by atoms with Crippen LogP contribution in [0.2, 0.25) is 0 Å². The van der Waals surface area contributed by atoms with Gasteiger partial charge in [0.1, 0.15) is 0 Å². The molecule has 0 N–H and O–H groups in total. The molecule has 3 heteroatoms. The summed E-state index contributed by atoms with van der Waals surface area (Å²) in [5.74, 6) is -0.278. The summed E-state index contributed by atoms with van der Waals surface area (Å²) < 4.78 is 4.97. The van der Waals surface area contributed by atoms with Crippen molar-refractivity contribution >= 4 is 5.97 Å². The van der Waals surface area contributed by atoms with Crippen LogP contribution in [0.3, 0.4) is 0 Å². The van der Waals surface area contributed by atoms with E-state index in [1.54, 1.807) is 6.20 Å². The van der Waals surface area contributed by atoms with Crippen LogP contribution in [0.5, 0.6) is 0 Å². The van der Waals surface area contributed by atoms with Crippen LogP contribution < -0.4 is 0 Å². The minimum absolute atomic E-state index is 0.134.